The molecule has 0 radical (unpaired) electrons. The molecular formula is C18H22Cl2N2O2. The van der Waals surface area contributed by atoms with Crippen LogP contribution in [0.15, 0.2) is 36.4 Å². The van der Waals surface area contributed by atoms with Crippen molar-refractivity contribution in [3.05, 3.63) is 42.0 Å². The summed E-state index contributed by atoms with van der Waals surface area (Å²) < 4.78 is 0. The van der Waals surface area contributed by atoms with Gasteiger partial charge in [-0.1, -0.05) is 30.3 Å². The first-order valence-electron chi connectivity index (χ1n) is 7.91. The van der Waals surface area contributed by atoms with Gasteiger partial charge in [0.15, 0.2) is 0 Å². The van der Waals surface area contributed by atoms with Crippen LogP contribution < -0.4 is 10.6 Å². The maximum Gasteiger partial charge on any atom is 0.304 e. The van der Waals surface area contributed by atoms with Gasteiger partial charge < -0.3 is 15.7 Å². The van der Waals surface area contributed by atoms with Gasteiger partial charge in [0, 0.05) is 42.0 Å². The van der Waals surface area contributed by atoms with Crippen LogP contribution in [-0.4, -0.2) is 42.0 Å². The van der Waals surface area contributed by atoms with E-state index in [-0.39, 0.29) is 6.42 Å². The Morgan fingerprint density at radius 1 is 1.08 bits per heavy atom. The van der Waals surface area contributed by atoms with Crippen LogP contribution in [0, 0.1) is 0 Å². The summed E-state index contributed by atoms with van der Waals surface area (Å²) in [4.78, 5) is 13.0. The number of carboxylic acids is 1. The van der Waals surface area contributed by atoms with Crippen LogP contribution in [0.25, 0.3) is 10.8 Å². The number of aliphatic carboxylic acids is 1. The van der Waals surface area contributed by atoms with Gasteiger partial charge in [0.2, 0.25) is 0 Å². The van der Waals surface area contributed by atoms with Crippen molar-refractivity contribution in [2.45, 2.75) is 18.9 Å². The lowest BCUT2D eigenvalue weighted by Gasteiger charge is -2.25. The number of hydrogen-bond acceptors (Lipinski definition) is 3. The van der Waals surface area contributed by atoms with E-state index in [1.807, 2.05) is 30.3 Å². The molecule has 4 nitrogen and oxygen atoms in total. The maximum absolute atomic E-state index is 10.8. The number of carboxylic acid groups (broad SMARTS) is 1. The smallest absolute Gasteiger partial charge is 0.304 e. The predicted molar refractivity (Wildman–Crippen MR) is 102 cm³/mol. The molecule has 0 aliphatic carbocycles. The average molecular weight is 369 g/mol. The van der Waals surface area contributed by atoms with Crippen molar-refractivity contribution < 1.29 is 9.90 Å². The number of nitrogens with zero attached hydrogens (tertiary/aromatic N) is 1. The number of hydrogen-bond donors (Lipinski definition) is 2. The number of rotatable bonds is 9. The van der Waals surface area contributed by atoms with Crippen molar-refractivity contribution in [3.8, 4) is 0 Å². The van der Waals surface area contributed by atoms with Crippen LogP contribution in [0.5, 0.6) is 0 Å². The Hall–Kier alpha value is -1.49. The molecular weight excluding hydrogens is 347 g/mol. The zero-order chi connectivity index (χ0) is 17.5. The molecule has 2 aromatic rings. The molecule has 2 aromatic carbocycles. The van der Waals surface area contributed by atoms with E-state index in [2.05, 4.69) is 11.0 Å². The molecule has 0 saturated carbocycles. The zero-order valence-corrected chi connectivity index (χ0v) is 14.9. The lowest BCUT2D eigenvalue weighted by molar-refractivity contribution is -0.137. The highest BCUT2D eigenvalue weighted by Gasteiger charge is 2.14. The summed E-state index contributed by atoms with van der Waals surface area (Å²) in [6.07, 6.45) is 0.485. The van der Waals surface area contributed by atoms with Crippen molar-refractivity contribution in [2.24, 2.45) is 5.73 Å². The van der Waals surface area contributed by atoms with Crippen LogP contribution >= 0.6 is 23.2 Å². The summed E-state index contributed by atoms with van der Waals surface area (Å²) in [5, 5.41) is 11.1. The van der Waals surface area contributed by atoms with Crippen molar-refractivity contribution in [3.63, 3.8) is 0 Å². The van der Waals surface area contributed by atoms with E-state index < -0.39 is 12.0 Å². The van der Waals surface area contributed by atoms with Gasteiger partial charge in [0.05, 0.1) is 6.42 Å². The second-order valence-electron chi connectivity index (χ2n) is 5.72. The van der Waals surface area contributed by atoms with Crippen molar-refractivity contribution in [1.82, 2.24) is 0 Å². The zero-order valence-electron chi connectivity index (χ0n) is 13.4. The third-order valence-electron chi connectivity index (χ3n) is 3.96. The minimum absolute atomic E-state index is 0.0410. The van der Waals surface area contributed by atoms with E-state index in [0.717, 1.165) is 35.1 Å². The fraction of sp³-hybridized carbons (Fsp3) is 0.389. The number of halogens is 2. The van der Waals surface area contributed by atoms with E-state index in [1.54, 1.807) is 0 Å². The Kier molecular flexibility index (Phi) is 7.16. The molecule has 0 aliphatic rings. The quantitative estimate of drug-likeness (QED) is 0.665. The van der Waals surface area contributed by atoms with Gasteiger partial charge in [-0.05, 0) is 23.4 Å². The Morgan fingerprint density at radius 3 is 2.29 bits per heavy atom. The number of alkyl halides is 2. The Balaban J connectivity index is 2.40. The fourth-order valence-corrected chi connectivity index (χ4v) is 3.34. The van der Waals surface area contributed by atoms with E-state index >= 15 is 0 Å². The number of carbonyl (C=O) groups is 1. The highest BCUT2D eigenvalue weighted by Crippen LogP contribution is 2.30. The Bertz CT molecular complexity index is 688. The Morgan fingerprint density at radius 2 is 1.71 bits per heavy atom. The summed E-state index contributed by atoms with van der Waals surface area (Å²) in [5.41, 5.74) is 8.11. The summed E-state index contributed by atoms with van der Waals surface area (Å²) >= 11 is 11.8. The third-order valence-corrected chi connectivity index (χ3v) is 4.30. The molecule has 0 heterocycles. The predicted octanol–water partition coefficient (Wildman–Crippen LogP) is 3.47. The molecule has 3 N–H and O–H groups in total. The van der Waals surface area contributed by atoms with Crippen LogP contribution in [0.3, 0.4) is 0 Å². The first kappa shape index (κ1) is 18.8. The lowest BCUT2D eigenvalue weighted by Crippen LogP contribution is -2.28. The van der Waals surface area contributed by atoms with Gasteiger partial charge in [0.1, 0.15) is 0 Å². The maximum atomic E-state index is 10.8. The van der Waals surface area contributed by atoms with Crippen LogP contribution in [-0.2, 0) is 11.2 Å². The van der Waals surface area contributed by atoms with Crippen molar-refractivity contribution in [2.75, 3.05) is 29.7 Å². The third kappa shape index (κ3) is 4.76. The van der Waals surface area contributed by atoms with Crippen LogP contribution in [0.4, 0.5) is 5.69 Å². The molecule has 0 fully saturated rings. The van der Waals surface area contributed by atoms with Gasteiger partial charge in [-0.25, -0.2) is 0 Å². The number of anilines is 1. The molecule has 0 aliphatic heterocycles. The van der Waals surface area contributed by atoms with Crippen LogP contribution in [0.2, 0.25) is 0 Å². The molecule has 24 heavy (non-hydrogen) atoms. The highest BCUT2D eigenvalue weighted by atomic mass is 35.5. The van der Waals surface area contributed by atoms with E-state index in [1.165, 1.54) is 0 Å². The number of fused-ring (bicyclic) bond motifs is 1. The second kappa shape index (κ2) is 9.11. The number of nitrogens with two attached hydrogens (primary N) is 1. The SMILES string of the molecule is N[C@H](CC(=O)O)Cc1ccc(N(CCCl)CCCl)c2ccccc12. The molecule has 130 valence electrons. The minimum Gasteiger partial charge on any atom is -0.481 e. The summed E-state index contributed by atoms with van der Waals surface area (Å²) in [6.45, 7) is 1.44. The first-order chi connectivity index (χ1) is 11.6. The molecule has 0 aromatic heterocycles. The van der Waals surface area contributed by atoms with Crippen LogP contribution in [0.1, 0.15) is 12.0 Å². The average Bonchev–Trinajstić information content (AvgIpc) is 2.54. The van der Waals surface area contributed by atoms with Gasteiger partial charge in [-0.15, -0.1) is 23.2 Å². The minimum atomic E-state index is -0.876. The molecule has 0 saturated heterocycles. The monoisotopic (exact) mass is 368 g/mol. The second-order valence-corrected chi connectivity index (χ2v) is 6.47. The van der Waals surface area contributed by atoms with Gasteiger partial charge in [0.25, 0.3) is 0 Å². The molecule has 1 atom stereocenters. The van der Waals surface area contributed by atoms with E-state index in [0.29, 0.717) is 18.2 Å². The summed E-state index contributed by atoms with van der Waals surface area (Å²) in [5.74, 6) is 0.172. The first-order valence-corrected chi connectivity index (χ1v) is 8.98. The van der Waals surface area contributed by atoms with Crippen molar-refractivity contribution >= 4 is 45.6 Å². The van der Waals surface area contributed by atoms with Crippen molar-refractivity contribution in [1.29, 1.82) is 0 Å². The largest absolute Gasteiger partial charge is 0.481 e. The van der Waals surface area contributed by atoms with Gasteiger partial charge in [-0.2, -0.15) is 0 Å². The molecule has 0 unspecified atom stereocenters. The summed E-state index contributed by atoms with van der Waals surface area (Å²) in [7, 11) is 0. The topological polar surface area (TPSA) is 66.6 Å². The molecule has 6 heteroatoms. The molecule has 0 bridgehead atoms. The standard InChI is InChI=1S/C18H22Cl2N2O2/c19-7-9-22(10-8-20)17-6-5-13(11-14(21)12-18(23)24)15-3-1-2-4-16(15)17/h1-6,14H,7-12,21H2,(H,23,24)/t14-/m0/s1. The Labute approximate surface area is 152 Å². The van der Waals surface area contributed by atoms with E-state index in [4.69, 9.17) is 34.0 Å². The van der Waals surface area contributed by atoms with E-state index in [9.17, 15) is 4.79 Å². The molecule has 0 amide bonds. The fourth-order valence-electron chi connectivity index (χ4n) is 2.94. The lowest BCUT2D eigenvalue weighted by atomic mass is 9.96. The van der Waals surface area contributed by atoms with Gasteiger partial charge in [-0.3, -0.25) is 4.79 Å². The number of benzene rings is 2. The molecule has 0 spiro atoms. The summed E-state index contributed by atoms with van der Waals surface area (Å²) in [6, 6.07) is 11.7. The normalized spacial score (nSPS) is 12.3. The highest BCUT2D eigenvalue weighted by molar-refractivity contribution is 6.18. The molecule has 2 rings (SSSR count). The van der Waals surface area contributed by atoms with Gasteiger partial charge >= 0.3 is 5.97 Å².